The zero-order valence-corrected chi connectivity index (χ0v) is 14.8. The monoisotopic (exact) mass is 356 g/mol. The van der Waals surface area contributed by atoms with E-state index in [-0.39, 0.29) is 18.2 Å². The Hall–Kier alpha value is -2.70. The number of carbonyl (C=O) groups is 2. The molecule has 2 heterocycles. The van der Waals surface area contributed by atoms with Crippen molar-refractivity contribution in [1.29, 1.82) is 0 Å². The Bertz CT molecular complexity index is 744. The molecule has 7 heteroatoms. The van der Waals surface area contributed by atoms with E-state index in [2.05, 4.69) is 10.2 Å². The number of piperidine rings is 1. The van der Waals surface area contributed by atoms with E-state index in [1.165, 1.54) is 0 Å². The van der Waals surface area contributed by atoms with E-state index in [1.54, 1.807) is 6.33 Å². The molecule has 1 saturated heterocycles. The lowest BCUT2D eigenvalue weighted by Crippen LogP contribution is -2.40. The number of likely N-dealkylation sites (tertiary alicyclic amines) is 1. The van der Waals surface area contributed by atoms with Gasteiger partial charge in [0, 0.05) is 38.0 Å². The number of benzene rings is 1. The van der Waals surface area contributed by atoms with Crippen LogP contribution in [-0.4, -0.2) is 49.7 Å². The maximum atomic E-state index is 12.6. The molecule has 0 bridgehead atoms. The number of para-hydroxylation sites is 1. The van der Waals surface area contributed by atoms with E-state index >= 15 is 0 Å². The molecule has 0 spiro atoms. The van der Waals surface area contributed by atoms with Crippen LogP contribution in [0.1, 0.15) is 37.9 Å². The molecule has 1 aromatic carbocycles. The van der Waals surface area contributed by atoms with Crippen molar-refractivity contribution in [3.8, 4) is 5.69 Å². The molecule has 1 unspecified atom stereocenters. The Morgan fingerprint density at radius 2 is 2.00 bits per heavy atom. The van der Waals surface area contributed by atoms with Crippen molar-refractivity contribution in [2.24, 2.45) is 5.92 Å². The quantitative estimate of drug-likeness (QED) is 0.822. The molecule has 26 heavy (non-hydrogen) atoms. The molecule has 1 aliphatic rings. The standard InChI is InChI=1S/C19H24N4O3/c24-18(22-12-4-5-15(13-22)8-11-19(25)26)10-9-17-21-20-14-23(17)16-6-2-1-3-7-16/h1-3,6-7,14-15H,4-5,8-13H2,(H,25,26). The Morgan fingerprint density at radius 1 is 1.19 bits per heavy atom. The predicted octanol–water partition coefficient (Wildman–Crippen LogP) is 2.30. The topological polar surface area (TPSA) is 88.3 Å². The first kappa shape index (κ1) is 18.1. The molecule has 1 atom stereocenters. The number of carboxylic acid groups (broad SMARTS) is 1. The summed E-state index contributed by atoms with van der Waals surface area (Å²) in [4.78, 5) is 25.2. The smallest absolute Gasteiger partial charge is 0.303 e. The summed E-state index contributed by atoms with van der Waals surface area (Å²) >= 11 is 0. The number of rotatable bonds is 7. The summed E-state index contributed by atoms with van der Waals surface area (Å²) in [5, 5.41) is 17.0. The lowest BCUT2D eigenvalue weighted by Gasteiger charge is -2.32. The molecular weight excluding hydrogens is 332 g/mol. The number of aliphatic carboxylic acids is 1. The van der Waals surface area contributed by atoms with E-state index < -0.39 is 5.97 Å². The van der Waals surface area contributed by atoms with Gasteiger partial charge in [-0.25, -0.2) is 0 Å². The van der Waals surface area contributed by atoms with Crippen LogP contribution in [-0.2, 0) is 16.0 Å². The number of aromatic nitrogens is 3. The number of hydrogen-bond donors (Lipinski definition) is 1. The highest BCUT2D eigenvalue weighted by Crippen LogP contribution is 2.22. The fourth-order valence-electron chi connectivity index (χ4n) is 3.47. The molecule has 1 fully saturated rings. The third kappa shape index (κ3) is 4.68. The van der Waals surface area contributed by atoms with Gasteiger partial charge < -0.3 is 10.0 Å². The van der Waals surface area contributed by atoms with Gasteiger partial charge in [0.1, 0.15) is 12.2 Å². The Morgan fingerprint density at radius 3 is 2.77 bits per heavy atom. The second-order valence-corrected chi connectivity index (χ2v) is 6.73. The molecule has 7 nitrogen and oxygen atoms in total. The van der Waals surface area contributed by atoms with Crippen molar-refractivity contribution in [2.45, 2.75) is 38.5 Å². The summed E-state index contributed by atoms with van der Waals surface area (Å²) in [5.74, 6) is 0.391. The molecular formula is C19H24N4O3. The van der Waals surface area contributed by atoms with E-state index in [1.807, 2.05) is 39.8 Å². The van der Waals surface area contributed by atoms with Gasteiger partial charge in [-0.2, -0.15) is 0 Å². The lowest BCUT2D eigenvalue weighted by atomic mass is 9.93. The zero-order valence-electron chi connectivity index (χ0n) is 14.8. The fourth-order valence-corrected chi connectivity index (χ4v) is 3.47. The van der Waals surface area contributed by atoms with Crippen molar-refractivity contribution in [3.63, 3.8) is 0 Å². The van der Waals surface area contributed by atoms with Gasteiger partial charge in [0.05, 0.1) is 0 Å². The zero-order chi connectivity index (χ0) is 18.4. The van der Waals surface area contributed by atoms with Gasteiger partial charge in [-0.05, 0) is 37.3 Å². The van der Waals surface area contributed by atoms with Gasteiger partial charge >= 0.3 is 5.97 Å². The van der Waals surface area contributed by atoms with Crippen LogP contribution in [0.15, 0.2) is 36.7 Å². The highest BCUT2D eigenvalue weighted by Gasteiger charge is 2.24. The van der Waals surface area contributed by atoms with Gasteiger partial charge in [0.25, 0.3) is 0 Å². The summed E-state index contributed by atoms with van der Waals surface area (Å²) in [6.07, 6.45) is 5.34. The number of carboxylic acids is 1. The lowest BCUT2D eigenvalue weighted by molar-refractivity contribution is -0.137. The summed E-state index contributed by atoms with van der Waals surface area (Å²) in [5.41, 5.74) is 0.978. The van der Waals surface area contributed by atoms with Crippen molar-refractivity contribution in [3.05, 3.63) is 42.5 Å². The van der Waals surface area contributed by atoms with Gasteiger partial charge in [-0.1, -0.05) is 18.2 Å². The van der Waals surface area contributed by atoms with Crippen LogP contribution in [0.3, 0.4) is 0 Å². The highest BCUT2D eigenvalue weighted by atomic mass is 16.4. The number of nitrogens with zero attached hydrogens (tertiary/aromatic N) is 4. The van der Waals surface area contributed by atoms with Gasteiger partial charge in [-0.15, -0.1) is 10.2 Å². The molecule has 138 valence electrons. The van der Waals surface area contributed by atoms with Crippen LogP contribution in [0.4, 0.5) is 0 Å². The van der Waals surface area contributed by atoms with E-state index in [9.17, 15) is 9.59 Å². The van der Waals surface area contributed by atoms with Crippen LogP contribution in [0.2, 0.25) is 0 Å². The molecule has 1 aromatic heterocycles. The number of amides is 1. The summed E-state index contributed by atoms with van der Waals surface area (Å²) in [7, 11) is 0. The summed E-state index contributed by atoms with van der Waals surface area (Å²) in [6.45, 7) is 1.42. The third-order valence-corrected chi connectivity index (χ3v) is 4.85. The number of carbonyl (C=O) groups excluding carboxylic acids is 1. The SMILES string of the molecule is O=C(O)CCC1CCCN(C(=O)CCc2nncn2-c2ccccc2)C1. The first-order valence-electron chi connectivity index (χ1n) is 9.07. The normalized spacial score (nSPS) is 17.2. The minimum Gasteiger partial charge on any atom is -0.481 e. The molecule has 0 radical (unpaired) electrons. The summed E-state index contributed by atoms with van der Waals surface area (Å²) < 4.78 is 1.90. The molecule has 0 saturated carbocycles. The Balaban J connectivity index is 1.54. The molecule has 1 N–H and O–H groups in total. The van der Waals surface area contributed by atoms with E-state index in [0.29, 0.717) is 25.8 Å². The Labute approximate surface area is 152 Å². The van der Waals surface area contributed by atoms with Gasteiger partial charge in [-0.3, -0.25) is 14.2 Å². The summed E-state index contributed by atoms with van der Waals surface area (Å²) in [6, 6.07) is 9.82. The Kier molecular flexibility index (Phi) is 5.99. The van der Waals surface area contributed by atoms with Crippen LogP contribution in [0, 0.1) is 5.92 Å². The average Bonchev–Trinajstić information content (AvgIpc) is 3.14. The minimum atomic E-state index is -0.770. The molecule has 2 aromatic rings. The maximum absolute atomic E-state index is 12.6. The second-order valence-electron chi connectivity index (χ2n) is 6.73. The largest absolute Gasteiger partial charge is 0.481 e. The first-order chi connectivity index (χ1) is 12.6. The van der Waals surface area contributed by atoms with Gasteiger partial charge in [0.2, 0.25) is 5.91 Å². The number of hydrogen-bond acceptors (Lipinski definition) is 4. The van der Waals surface area contributed by atoms with Crippen molar-refractivity contribution in [2.75, 3.05) is 13.1 Å². The van der Waals surface area contributed by atoms with Crippen LogP contribution >= 0.6 is 0 Å². The van der Waals surface area contributed by atoms with Crippen LogP contribution < -0.4 is 0 Å². The maximum Gasteiger partial charge on any atom is 0.303 e. The highest BCUT2D eigenvalue weighted by molar-refractivity contribution is 5.76. The van der Waals surface area contributed by atoms with Crippen molar-refractivity contribution >= 4 is 11.9 Å². The second kappa shape index (κ2) is 8.60. The first-order valence-corrected chi connectivity index (χ1v) is 9.07. The van der Waals surface area contributed by atoms with Crippen LogP contribution in [0.25, 0.3) is 5.69 Å². The average molecular weight is 356 g/mol. The molecule has 0 aliphatic carbocycles. The van der Waals surface area contributed by atoms with E-state index in [4.69, 9.17) is 5.11 Å². The fraction of sp³-hybridized carbons (Fsp3) is 0.474. The van der Waals surface area contributed by atoms with Crippen molar-refractivity contribution < 1.29 is 14.7 Å². The van der Waals surface area contributed by atoms with Crippen LogP contribution in [0.5, 0.6) is 0 Å². The third-order valence-electron chi connectivity index (χ3n) is 4.85. The predicted molar refractivity (Wildman–Crippen MR) is 95.9 cm³/mol. The van der Waals surface area contributed by atoms with E-state index in [0.717, 1.165) is 30.9 Å². The molecule has 1 aliphatic heterocycles. The molecule has 1 amide bonds. The van der Waals surface area contributed by atoms with Crippen molar-refractivity contribution in [1.82, 2.24) is 19.7 Å². The minimum absolute atomic E-state index is 0.104. The van der Waals surface area contributed by atoms with Gasteiger partial charge in [0.15, 0.2) is 0 Å². The molecule has 3 rings (SSSR count). The number of aryl methyl sites for hydroxylation is 1.